The van der Waals surface area contributed by atoms with E-state index in [2.05, 4.69) is 0 Å². The summed E-state index contributed by atoms with van der Waals surface area (Å²) in [6.45, 7) is 0.665. The van der Waals surface area contributed by atoms with Crippen LogP contribution in [0.3, 0.4) is 0 Å². The predicted molar refractivity (Wildman–Crippen MR) is 70.9 cm³/mol. The second-order valence-electron chi connectivity index (χ2n) is 5.19. The second-order valence-corrected chi connectivity index (χ2v) is 5.19. The Morgan fingerprint density at radius 3 is 2.44 bits per heavy atom. The van der Waals surface area contributed by atoms with Crippen LogP contribution in [0.25, 0.3) is 0 Å². The van der Waals surface area contributed by atoms with Gasteiger partial charge in [0.2, 0.25) is 5.91 Å². The van der Waals surface area contributed by atoms with E-state index in [4.69, 9.17) is 0 Å². The highest BCUT2D eigenvalue weighted by molar-refractivity contribution is 5.78. The minimum atomic E-state index is -0.200. The molecule has 0 aliphatic heterocycles. The van der Waals surface area contributed by atoms with E-state index in [1.165, 1.54) is 0 Å². The number of amides is 1. The molecule has 0 spiro atoms. The highest BCUT2D eigenvalue weighted by atomic mass is 16.3. The Bertz CT molecular complexity index is 383. The molecule has 1 amide bonds. The molecule has 0 atom stereocenters. The Kier molecular flexibility index (Phi) is 4.37. The second kappa shape index (κ2) is 6.01. The van der Waals surface area contributed by atoms with Gasteiger partial charge < -0.3 is 10.0 Å². The van der Waals surface area contributed by atoms with E-state index in [1.807, 2.05) is 37.4 Å². The zero-order valence-electron chi connectivity index (χ0n) is 10.9. The molecule has 1 aliphatic carbocycles. The first kappa shape index (κ1) is 13.1. The lowest BCUT2D eigenvalue weighted by atomic mass is 9.86. The van der Waals surface area contributed by atoms with Crippen LogP contribution in [-0.4, -0.2) is 29.1 Å². The normalized spacial score (nSPS) is 23.7. The Morgan fingerprint density at radius 1 is 1.22 bits per heavy atom. The van der Waals surface area contributed by atoms with Gasteiger partial charge in [0.25, 0.3) is 0 Å². The van der Waals surface area contributed by atoms with Gasteiger partial charge in [-0.25, -0.2) is 0 Å². The van der Waals surface area contributed by atoms with Crippen LogP contribution in [0.5, 0.6) is 0 Å². The molecule has 0 bridgehead atoms. The third-order valence-electron chi connectivity index (χ3n) is 3.68. The van der Waals surface area contributed by atoms with E-state index in [0.717, 1.165) is 31.2 Å². The van der Waals surface area contributed by atoms with Crippen molar-refractivity contribution in [1.82, 2.24) is 4.90 Å². The quantitative estimate of drug-likeness (QED) is 0.889. The molecule has 3 heteroatoms. The van der Waals surface area contributed by atoms with Crippen molar-refractivity contribution in [3.8, 4) is 0 Å². The summed E-state index contributed by atoms with van der Waals surface area (Å²) in [5.74, 6) is 0.313. The van der Waals surface area contributed by atoms with E-state index in [0.29, 0.717) is 6.54 Å². The Hall–Kier alpha value is -1.35. The fourth-order valence-electron chi connectivity index (χ4n) is 2.57. The maximum Gasteiger partial charge on any atom is 0.225 e. The number of benzene rings is 1. The fraction of sp³-hybridized carbons (Fsp3) is 0.533. The zero-order valence-corrected chi connectivity index (χ0v) is 10.9. The number of carbonyl (C=O) groups is 1. The van der Waals surface area contributed by atoms with Gasteiger partial charge in [-0.05, 0) is 31.2 Å². The zero-order chi connectivity index (χ0) is 13.0. The molecular weight excluding hydrogens is 226 g/mol. The van der Waals surface area contributed by atoms with Crippen molar-refractivity contribution in [2.24, 2.45) is 5.92 Å². The smallest absolute Gasteiger partial charge is 0.225 e. The van der Waals surface area contributed by atoms with Crippen molar-refractivity contribution in [2.45, 2.75) is 38.3 Å². The summed E-state index contributed by atoms with van der Waals surface area (Å²) in [7, 11) is 1.86. The minimum Gasteiger partial charge on any atom is -0.393 e. The fourth-order valence-corrected chi connectivity index (χ4v) is 2.57. The van der Waals surface area contributed by atoms with Crippen molar-refractivity contribution >= 4 is 5.91 Å². The summed E-state index contributed by atoms with van der Waals surface area (Å²) in [4.78, 5) is 14.1. The standard InChI is InChI=1S/C15H21NO2/c1-16(11-12-5-3-2-4-6-12)15(18)13-7-9-14(17)10-8-13/h2-6,13-14,17H,7-11H2,1H3. The molecule has 0 heterocycles. The van der Waals surface area contributed by atoms with E-state index in [1.54, 1.807) is 4.90 Å². The Balaban J connectivity index is 1.89. The SMILES string of the molecule is CN(Cc1ccccc1)C(=O)C1CCC(O)CC1. The van der Waals surface area contributed by atoms with Crippen molar-refractivity contribution in [3.63, 3.8) is 0 Å². The number of nitrogens with zero attached hydrogens (tertiary/aromatic N) is 1. The van der Waals surface area contributed by atoms with Crippen LogP contribution in [0.4, 0.5) is 0 Å². The highest BCUT2D eigenvalue weighted by Crippen LogP contribution is 2.26. The van der Waals surface area contributed by atoms with Crippen LogP contribution < -0.4 is 0 Å². The van der Waals surface area contributed by atoms with Crippen molar-refractivity contribution in [3.05, 3.63) is 35.9 Å². The van der Waals surface area contributed by atoms with Gasteiger partial charge in [0.15, 0.2) is 0 Å². The lowest BCUT2D eigenvalue weighted by molar-refractivity contribution is -0.136. The van der Waals surface area contributed by atoms with E-state index < -0.39 is 0 Å². The number of aliphatic hydroxyl groups excluding tert-OH is 1. The average Bonchev–Trinajstić information content (AvgIpc) is 2.40. The van der Waals surface area contributed by atoms with Crippen LogP contribution in [0.1, 0.15) is 31.2 Å². The molecule has 0 radical (unpaired) electrons. The van der Waals surface area contributed by atoms with Gasteiger partial charge in [-0.1, -0.05) is 30.3 Å². The van der Waals surface area contributed by atoms with Crippen LogP contribution >= 0.6 is 0 Å². The van der Waals surface area contributed by atoms with E-state index in [-0.39, 0.29) is 17.9 Å². The highest BCUT2D eigenvalue weighted by Gasteiger charge is 2.27. The summed E-state index contributed by atoms with van der Waals surface area (Å²) in [6.07, 6.45) is 2.96. The summed E-state index contributed by atoms with van der Waals surface area (Å²) >= 11 is 0. The van der Waals surface area contributed by atoms with E-state index in [9.17, 15) is 9.90 Å². The first-order valence-corrected chi connectivity index (χ1v) is 6.64. The van der Waals surface area contributed by atoms with Gasteiger partial charge in [0, 0.05) is 19.5 Å². The Labute approximate surface area is 108 Å². The molecule has 1 N–H and O–H groups in total. The van der Waals surface area contributed by atoms with Gasteiger partial charge in [-0.2, -0.15) is 0 Å². The minimum absolute atomic E-state index is 0.0992. The molecular formula is C15H21NO2. The van der Waals surface area contributed by atoms with Gasteiger partial charge in [-0.3, -0.25) is 4.79 Å². The molecule has 0 saturated heterocycles. The van der Waals surface area contributed by atoms with Crippen LogP contribution in [-0.2, 0) is 11.3 Å². The number of carbonyl (C=O) groups excluding carboxylic acids is 1. The first-order valence-electron chi connectivity index (χ1n) is 6.64. The summed E-state index contributed by atoms with van der Waals surface area (Å²) in [6, 6.07) is 10.0. The van der Waals surface area contributed by atoms with Crippen molar-refractivity contribution in [2.75, 3.05) is 7.05 Å². The third-order valence-corrected chi connectivity index (χ3v) is 3.68. The molecule has 0 unspecified atom stereocenters. The molecule has 18 heavy (non-hydrogen) atoms. The summed E-state index contributed by atoms with van der Waals surface area (Å²) in [5, 5.41) is 9.46. The first-order chi connectivity index (χ1) is 8.66. The van der Waals surface area contributed by atoms with E-state index >= 15 is 0 Å². The van der Waals surface area contributed by atoms with Crippen molar-refractivity contribution in [1.29, 1.82) is 0 Å². The van der Waals surface area contributed by atoms with Crippen LogP contribution in [0.15, 0.2) is 30.3 Å². The third kappa shape index (κ3) is 3.33. The number of hydrogen-bond donors (Lipinski definition) is 1. The lowest BCUT2D eigenvalue weighted by Crippen LogP contribution is -2.35. The van der Waals surface area contributed by atoms with Gasteiger partial charge in [0.05, 0.1) is 6.10 Å². The molecule has 0 aromatic heterocycles. The molecule has 1 aliphatic rings. The maximum atomic E-state index is 12.3. The lowest BCUT2D eigenvalue weighted by Gasteiger charge is -2.28. The molecule has 1 aromatic rings. The van der Waals surface area contributed by atoms with Gasteiger partial charge in [-0.15, -0.1) is 0 Å². The Morgan fingerprint density at radius 2 is 1.83 bits per heavy atom. The van der Waals surface area contributed by atoms with Crippen LogP contribution in [0.2, 0.25) is 0 Å². The maximum absolute atomic E-state index is 12.3. The predicted octanol–water partition coefficient (Wildman–Crippen LogP) is 2.20. The largest absolute Gasteiger partial charge is 0.393 e. The molecule has 3 nitrogen and oxygen atoms in total. The molecule has 1 aromatic carbocycles. The van der Waals surface area contributed by atoms with Crippen LogP contribution in [0, 0.1) is 5.92 Å². The molecule has 1 fully saturated rings. The van der Waals surface area contributed by atoms with Gasteiger partial charge >= 0.3 is 0 Å². The number of rotatable bonds is 3. The number of hydrogen-bond acceptors (Lipinski definition) is 2. The average molecular weight is 247 g/mol. The monoisotopic (exact) mass is 247 g/mol. The topological polar surface area (TPSA) is 40.5 Å². The molecule has 2 rings (SSSR count). The molecule has 1 saturated carbocycles. The molecule has 98 valence electrons. The number of aliphatic hydroxyl groups is 1. The van der Waals surface area contributed by atoms with Crippen molar-refractivity contribution < 1.29 is 9.90 Å². The summed E-state index contributed by atoms with van der Waals surface area (Å²) < 4.78 is 0. The summed E-state index contributed by atoms with van der Waals surface area (Å²) in [5.41, 5.74) is 1.16. The van der Waals surface area contributed by atoms with Gasteiger partial charge in [0.1, 0.15) is 0 Å².